The molecule has 142 valence electrons. The third-order valence-corrected chi connectivity index (χ3v) is 4.71. The van der Waals surface area contributed by atoms with Gasteiger partial charge in [-0.3, -0.25) is 19.7 Å². The van der Waals surface area contributed by atoms with Gasteiger partial charge < -0.3 is 10.2 Å². The molecule has 0 fully saturated rings. The SMILES string of the molecule is CSc1ccc(CN(C)C(=O)CCNC(=O)c2ccc([N+](=O)[O-])cc2)cc1. The molecule has 2 aromatic carbocycles. The van der Waals surface area contributed by atoms with Crippen LogP contribution in [0.4, 0.5) is 5.69 Å². The van der Waals surface area contributed by atoms with Gasteiger partial charge in [-0.1, -0.05) is 12.1 Å². The van der Waals surface area contributed by atoms with E-state index in [1.165, 1.54) is 29.2 Å². The number of hydrogen-bond acceptors (Lipinski definition) is 5. The van der Waals surface area contributed by atoms with Crippen molar-refractivity contribution in [3.63, 3.8) is 0 Å². The molecule has 0 heterocycles. The zero-order valence-corrected chi connectivity index (χ0v) is 16.0. The summed E-state index contributed by atoms with van der Waals surface area (Å²) in [6.07, 6.45) is 2.19. The van der Waals surface area contributed by atoms with Gasteiger partial charge in [0.1, 0.15) is 0 Å². The Kier molecular flexibility index (Phi) is 7.36. The first-order valence-corrected chi connectivity index (χ1v) is 9.52. The second-order valence-corrected chi connectivity index (χ2v) is 6.79. The van der Waals surface area contributed by atoms with Crippen molar-refractivity contribution >= 4 is 29.3 Å². The van der Waals surface area contributed by atoms with E-state index in [4.69, 9.17) is 0 Å². The Morgan fingerprint density at radius 2 is 1.74 bits per heavy atom. The lowest BCUT2D eigenvalue weighted by atomic mass is 10.2. The van der Waals surface area contributed by atoms with Gasteiger partial charge >= 0.3 is 0 Å². The first-order chi connectivity index (χ1) is 12.9. The molecule has 0 aliphatic heterocycles. The summed E-state index contributed by atoms with van der Waals surface area (Å²) in [4.78, 5) is 37.1. The number of nitrogens with zero attached hydrogens (tertiary/aromatic N) is 2. The molecule has 8 heteroatoms. The van der Waals surface area contributed by atoms with E-state index in [2.05, 4.69) is 5.32 Å². The van der Waals surface area contributed by atoms with Crippen molar-refractivity contribution in [2.45, 2.75) is 17.9 Å². The van der Waals surface area contributed by atoms with Crippen LogP contribution in [0, 0.1) is 10.1 Å². The van der Waals surface area contributed by atoms with Gasteiger partial charge in [-0.05, 0) is 36.1 Å². The number of rotatable bonds is 8. The molecule has 0 atom stereocenters. The van der Waals surface area contributed by atoms with Gasteiger partial charge in [0.05, 0.1) is 4.92 Å². The van der Waals surface area contributed by atoms with Gasteiger partial charge in [0, 0.05) is 49.1 Å². The highest BCUT2D eigenvalue weighted by Gasteiger charge is 2.12. The first kappa shape index (κ1) is 20.4. The number of carbonyl (C=O) groups is 2. The number of thioether (sulfide) groups is 1. The minimum absolute atomic E-state index is 0.0751. The summed E-state index contributed by atoms with van der Waals surface area (Å²) in [5, 5.41) is 13.3. The predicted octanol–water partition coefficient (Wildman–Crippen LogP) is 3.10. The molecule has 7 nitrogen and oxygen atoms in total. The van der Waals surface area contributed by atoms with Crippen LogP contribution in [0.2, 0.25) is 0 Å². The molecule has 0 aliphatic rings. The highest BCUT2D eigenvalue weighted by molar-refractivity contribution is 7.98. The molecule has 0 aromatic heterocycles. The van der Waals surface area contributed by atoms with Gasteiger partial charge in [-0.2, -0.15) is 0 Å². The van der Waals surface area contributed by atoms with Crippen LogP contribution in [0.1, 0.15) is 22.3 Å². The van der Waals surface area contributed by atoms with E-state index in [0.717, 1.165) is 5.56 Å². The zero-order valence-electron chi connectivity index (χ0n) is 15.2. The highest BCUT2D eigenvalue weighted by Crippen LogP contribution is 2.16. The smallest absolute Gasteiger partial charge is 0.269 e. The Bertz CT molecular complexity index is 807. The summed E-state index contributed by atoms with van der Waals surface area (Å²) < 4.78 is 0. The minimum Gasteiger partial charge on any atom is -0.352 e. The van der Waals surface area contributed by atoms with Crippen molar-refractivity contribution in [2.75, 3.05) is 19.8 Å². The molecule has 2 aromatic rings. The molecule has 0 spiro atoms. The second-order valence-electron chi connectivity index (χ2n) is 5.91. The minimum atomic E-state index is -0.523. The lowest BCUT2D eigenvalue weighted by Gasteiger charge is -2.17. The molecule has 0 radical (unpaired) electrons. The van der Waals surface area contributed by atoms with Crippen LogP contribution in [0.15, 0.2) is 53.4 Å². The summed E-state index contributed by atoms with van der Waals surface area (Å²) in [6.45, 7) is 0.703. The molecule has 2 rings (SSSR count). The number of nitro benzene ring substituents is 1. The molecule has 27 heavy (non-hydrogen) atoms. The van der Waals surface area contributed by atoms with Gasteiger partial charge in [-0.15, -0.1) is 11.8 Å². The fraction of sp³-hybridized carbons (Fsp3) is 0.263. The normalized spacial score (nSPS) is 10.3. The average Bonchev–Trinajstić information content (AvgIpc) is 2.68. The third kappa shape index (κ3) is 6.10. The largest absolute Gasteiger partial charge is 0.352 e. The molecule has 0 aliphatic carbocycles. The van der Waals surface area contributed by atoms with Gasteiger partial charge in [0.2, 0.25) is 5.91 Å². The Hall–Kier alpha value is -2.87. The molecular weight excluding hydrogens is 366 g/mol. The Labute approximate surface area is 161 Å². The van der Waals surface area contributed by atoms with Gasteiger partial charge in [0.25, 0.3) is 11.6 Å². The topological polar surface area (TPSA) is 92.6 Å². The molecule has 0 unspecified atom stereocenters. The van der Waals surface area contributed by atoms with Crippen molar-refractivity contribution in [1.29, 1.82) is 0 Å². The van der Waals surface area contributed by atoms with Crippen LogP contribution in [0.3, 0.4) is 0 Å². The summed E-state index contributed by atoms with van der Waals surface area (Å²) in [5.74, 6) is -0.444. The molecule has 1 N–H and O–H groups in total. The quantitative estimate of drug-likeness (QED) is 0.427. The van der Waals surface area contributed by atoms with E-state index in [9.17, 15) is 19.7 Å². The van der Waals surface area contributed by atoms with Crippen LogP contribution < -0.4 is 5.32 Å². The lowest BCUT2D eigenvalue weighted by molar-refractivity contribution is -0.384. The second kappa shape index (κ2) is 9.72. The fourth-order valence-corrected chi connectivity index (χ4v) is 2.81. The summed E-state index contributed by atoms with van der Waals surface area (Å²) >= 11 is 1.66. The van der Waals surface area contributed by atoms with Crippen molar-refractivity contribution in [1.82, 2.24) is 10.2 Å². The van der Waals surface area contributed by atoms with Crippen molar-refractivity contribution in [2.24, 2.45) is 0 Å². The number of benzene rings is 2. The Balaban J connectivity index is 1.78. The van der Waals surface area contributed by atoms with Crippen LogP contribution >= 0.6 is 11.8 Å². The van der Waals surface area contributed by atoms with E-state index in [1.54, 1.807) is 23.7 Å². The predicted molar refractivity (Wildman–Crippen MR) is 105 cm³/mol. The monoisotopic (exact) mass is 387 g/mol. The van der Waals surface area contributed by atoms with Crippen molar-refractivity contribution in [3.8, 4) is 0 Å². The van der Waals surface area contributed by atoms with Crippen molar-refractivity contribution < 1.29 is 14.5 Å². The summed E-state index contributed by atoms with van der Waals surface area (Å²) in [5.41, 5.74) is 1.28. The van der Waals surface area contributed by atoms with E-state index in [-0.39, 0.29) is 30.5 Å². The number of nitrogens with one attached hydrogen (secondary N) is 1. The number of amides is 2. The zero-order chi connectivity index (χ0) is 19.8. The van der Waals surface area contributed by atoms with Gasteiger partial charge in [-0.25, -0.2) is 0 Å². The maximum Gasteiger partial charge on any atom is 0.269 e. The van der Waals surface area contributed by atoms with Crippen LogP contribution in [-0.4, -0.2) is 41.5 Å². The fourth-order valence-electron chi connectivity index (χ4n) is 2.40. The Morgan fingerprint density at radius 1 is 1.11 bits per heavy atom. The molecular formula is C19H21N3O4S. The maximum absolute atomic E-state index is 12.2. The number of carbonyl (C=O) groups excluding carboxylic acids is 2. The van der Waals surface area contributed by atoms with Crippen LogP contribution in [-0.2, 0) is 11.3 Å². The number of hydrogen-bond donors (Lipinski definition) is 1. The number of nitro groups is 1. The van der Waals surface area contributed by atoms with Gasteiger partial charge in [0.15, 0.2) is 0 Å². The standard InChI is InChI=1S/C19H21N3O4S/c1-21(13-14-3-9-17(27-2)10-4-14)18(23)11-12-20-19(24)15-5-7-16(8-6-15)22(25)26/h3-10H,11-13H2,1-2H3,(H,20,24). The van der Waals surface area contributed by atoms with E-state index in [1.807, 2.05) is 30.5 Å². The van der Waals surface area contributed by atoms with E-state index >= 15 is 0 Å². The lowest BCUT2D eigenvalue weighted by Crippen LogP contribution is -2.31. The first-order valence-electron chi connectivity index (χ1n) is 8.30. The maximum atomic E-state index is 12.2. The molecule has 0 saturated carbocycles. The average molecular weight is 387 g/mol. The van der Waals surface area contributed by atoms with E-state index in [0.29, 0.717) is 12.1 Å². The Morgan fingerprint density at radius 3 is 2.30 bits per heavy atom. The van der Waals surface area contributed by atoms with Crippen LogP contribution in [0.5, 0.6) is 0 Å². The van der Waals surface area contributed by atoms with Crippen LogP contribution in [0.25, 0.3) is 0 Å². The number of non-ortho nitro benzene ring substituents is 1. The molecule has 0 bridgehead atoms. The third-order valence-electron chi connectivity index (χ3n) is 3.97. The van der Waals surface area contributed by atoms with E-state index < -0.39 is 4.92 Å². The summed E-state index contributed by atoms with van der Waals surface area (Å²) in [6, 6.07) is 13.3. The van der Waals surface area contributed by atoms with Crippen molar-refractivity contribution in [3.05, 3.63) is 69.8 Å². The summed E-state index contributed by atoms with van der Waals surface area (Å²) in [7, 11) is 1.73. The molecule has 2 amide bonds. The highest BCUT2D eigenvalue weighted by atomic mass is 32.2. The molecule has 0 saturated heterocycles.